The van der Waals surface area contributed by atoms with E-state index in [1.807, 2.05) is 0 Å². The summed E-state index contributed by atoms with van der Waals surface area (Å²) in [5.74, 6) is -1.91. The van der Waals surface area contributed by atoms with Crippen LogP contribution in [-0.4, -0.2) is 43.2 Å². The minimum atomic E-state index is -4.13. The van der Waals surface area contributed by atoms with Gasteiger partial charge in [0.1, 0.15) is 11.4 Å². The fourth-order valence-electron chi connectivity index (χ4n) is 2.07. The van der Waals surface area contributed by atoms with Crippen molar-refractivity contribution in [1.29, 1.82) is 0 Å². The molecule has 0 radical (unpaired) electrons. The van der Waals surface area contributed by atoms with Gasteiger partial charge in [-0.3, -0.25) is 14.6 Å². The van der Waals surface area contributed by atoms with Gasteiger partial charge in [-0.2, -0.15) is 4.99 Å². The predicted molar refractivity (Wildman–Crippen MR) is 85.9 cm³/mol. The number of nitrogens with one attached hydrogen (secondary N) is 1. The second-order valence-electron chi connectivity index (χ2n) is 4.87. The SMILES string of the molecule is COc1ccc(S(=O)(=O)NN2C(=O)C(=O)N=C2c2ccccn2)cc1. The highest BCUT2D eigenvalue weighted by Gasteiger charge is 2.37. The van der Waals surface area contributed by atoms with Crippen molar-refractivity contribution in [3.63, 3.8) is 0 Å². The van der Waals surface area contributed by atoms with Gasteiger partial charge in [-0.1, -0.05) is 6.07 Å². The lowest BCUT2D eigenvalue weighted by molar-refractivity contribution is -0.140. The van der Waals surface area contributed by atoms with Gasteiger partial charge in [-0.15, -0.1) is 4.83 Å². The molecule has 1 aromatic carbocycles. The number of methoxy groups -OCH3 is 1. The van der Waals surface area contributed by atoms with E-state index in [0.717, 1.165) is 0 Å². The van der Waals surface area contributed by atoms with Crippen molar-refractivity contribution in [3.05, 3.63) is 54.4 Å². The zero-order valence-electron chi connectivity index (χ0n) is 12.9. The molecular formula is C15H12N4O5S. The van der Waals surface area contributed by atoms with Crippen LogP contribution < -0.4 is 9.57 Å². The molecule has 10 heteroatoms. The van der Waals surface area contributed by atoms with Crippen LogP contribution in [-0.2, 0) is 19.6 Å². The van der Waals surface area contributed by atoms with Crippen LogP contribution in [0, 0.1) is 0 Å². The number of hydrogen-bond donors (Lipinski definition) is 1. The summed E-state index contributed by atoms with van der Waals surface area (Å²) in [7, 11) is -2.68. The van der Waals surface area contributed by atoms with E-state index >= 15 is 0 Å². The highest BCUT2D eigenvalue weighted by molar-refractivity contribution is 7.89. The van der Waals surface area contributed by atoms with Crippen LogP contribution in [0.25, 0.3) is 0 Å². The van der Waals surface area contributed by atoms with Crippen LogP contribution in [0.4, 0.5) is 0 Å². The molecule has 0 spiro atoms. The minimum absolute atomic E-state index is 0.110. The average molecular weight is 360 g/mol. The molecule has 0 fully saturated rings. The first kappa shape index (κ1) is 16.7. The van der Waals surface area contributed by atoms with Gasteiger partial charge in [0.25, 0.3) is 10.0 Å². The maximum absolute atomic E-state index is 12.5. The number of benzene rings is 1. The third-order valence-corrected chi connectivity index (χ3v) is 4.60. The first-order chi connectivity index (χ1) is 11.9. The molecule has 1 aliphatic heterocycles. The standard InChI is InChI=1S/C15H12N4O5S/c1-24-10-5-7-11(8-6-10)25(22,23)18-19-13(17-14(20)15(19)21)12-4-2-3-9-16-12/h2-9,18H,1H3. The minimum Gasteiger partial charge on any atom is -0.497 e. The van der Waals surface area contributed by atoms with Crippen molar-refractivity contribution in [2.24, 2.45) is 4.99 Å². The fourth-order valence-corrected chi connectivity index (χ4v) is 3.07. The highest BCUT2D eigenvalue weighted by atomic mass is 32.2. The van der Waals surface area contributed by atoms with Gasteiger partial charge in [0.2, 0.25) is 0 Å². The van der Waals surface area contributed by atoms with E-state index in [2.05, 4.69) is 14.8 Å². The number of carbonyl (C=O) groups is 2. The Morgan fingerprint density at radius 1 is 1.08 bits per heavy atom. The van der Waals surface area contributed by atoms with E-state index in [1.54, 1.807) is 12.1 Å². The topological polar surface area (TPSA) is 118 Å². The third-order valence-electron chi connectivity index (χ3n) is 3.28. The van der Waals surface area contributed by atoms with E-state index in [-0.39, 0.29) is 16.4 Å². The number of ether oxygens (including phenoxy) is 1. The first-order valence-corrected chi connectivity index (χ1v) is 8.46. The Kier molecular flexibility index (Phi) is 4.30. The molecule has 3 rings (SSSR count). The van der Waals surface area contributed by atoms with Crippen LogP contribution in [0.2, 0.25) is 0 Å². The third kappa shape index (κ3) is 3.25. The van der Waals surface area contributed by atoms with E-state index in [0.29, 0.717) is 10.8 Å². The fraction of sp³-hybridized carbons (Fsp3) is 0.0667. The number of nitrogens with zero attached hydrogens (tertiary/aromatic N) is 3. The van der Waals surface area contributed by atoms with Gasteiger partial charge < -0.3 is 4.74 Å². The molecule has 2 amide bonds. The molecule has 0 saturated carbocycles. The van der Waals surface area contributed by atoms with Crippen molar-refractivity contribution in [2.75, 3.05) is 7.11 Å². The van der Waals surface area contributed by atoms with E-state index in [1.165, 1.54) is 43.6 Å². The second-order valence-corrected chi connectivity index (χ2v) is 6.53. The van der Waals surface area contributed by atoms with Gasteiger partial charge in [-0.05, 0) is 36.4 Å². The zero-order chi connectivity index (χ0) is 18.0. The molecule has 1 N–H and O–H groups in total. The Morgan fingerprint density at radius 2 is 1.80 bits per heavy atom. The van der Waals surface area contributed by atoms with E-state index in [4.69, 9.17) is 4.74 Å². The number of amidine groups is 1. The lowest BCUT2D eigenvalue weighted by Crippen LogP contribution is -2.48. The molecule has 1 aliphatic rings. The Morgan fingerprint density at radius 3 is 2.40 bits per heavy atom. The number of amides is 2. The van der Waals surface area contributed by atoms with Crippen molar-refractivity contribution in [1.82, 2.24) is 14.8 Å². The highest BCUT2D eigenvalue weighted by Crippen LogP contribution is 2.17. The van der Waals surface area contributed by atoms with Crippen LogP contribution in [0.5, 0.6) is 5.75 Å². The number of hydrazine groups is 1. The Bertz CT molecular complexity index is 955. The monoisotopic (exact) mass is 360 g/mol. The number of sulfonamides is 1. The molecule has 25 heavy (non-hydrogen) atoms. The van der Waals surface area contributed by atoms with Gasteiger partial charge in [0, 0.05) is 6.20 Å². The summed E-state index contributed by atoms with van der Waals surface area (Å²) in [6.45, 7) is 0. The van der Waals surface area contributed by atoms with Crippen LogP contribution in [0.15, 0.2) is 58.5 Å². The number of carbonyl (C=O) groups excluding carboxylic acids is 2. The largest absolute Gasteiger partial charge is 0.497 e. The van der Waals surface area contributed by atoms with Crippen LogP contribution in [0.3, 0.4) is 0 Å². The first-order valence-electron chi connectivity index (χ1n) is 6.97. The second kappa shape index (κ2) is 6.42. The molecule has 0 atom stereocenters. The van der Waals surface area contributed by atoms with Crippen molar-refractivity contribution >= 4 is 27.7 Å². The van der Waals surface area contributed by atoms with Crippen LogP contribution in [0.1, 0.15) is 5.69 Å². The molecule has 2 aromatic rings. The average Bonchev–Trinajstić information content (AvgIpc) is 2.90. The Labute approximate surface area is 143 Å². The number of rotatable bonds is 5. The predicted octanol–water partition coefficient (Wildman–Crippen LogP) is 0.0991. The maximum atomic E-state index is 12.5. The van der Waals surface area contributed by atoms with Crippen molar-refractivity contribution in [3.8, 4) is 5.75 Å². The molecule has 0 unspecified atom stereocenters. The molecule has 0 saturated heterocycles. The number of aliphatic imine (C=N–C) groups is 1. The molecule has 1 aromatic heterocycles. The Hall–Kier alpha value is -3.11. The summed E-state index contributed by atoms with van der Waals surface area (Å²) < 4.78 is 29.9. The lowest BCUT2D eigenvalue weighted by Gasteiger charge is -2.18. The summed E-state index contributed by atoms with van der Waals surface area (Å²) in [5.41, 5.74) is 0.180. The maximum Gasteiger partial charge on any atom is 0.339 e. The van der Waals surface area contributed by atoms with Crippen molar-refractivity contribution in [2.45, 2.75) is 4.90 Å². The van der Waals surface area contributed by atoms with Gasteiger partial charge in [0.15, 0.2) is 5.84 Å². The van der Waals surface area contributed by atoms with E-state index in [9.17, 15) is 18.0 Å². The van der Waals surface area contributed by atoms with Gasteiger partial charge in [-0.25, -0.2) is 13.4 Å². The number of aromatic nitrogens is 1. The summed E-state index contributed by atoms with van der Waals surface area (Å²) in [4.78, 5) is 33.1. The number of pyridine rings is 1. The quantitative estimate of drug-likeness (QED) is 0.756. The summed E-state index contributed by atoms with van der Waals surface area (Å²) in [5, 5.41) is 0.574. The molecular weight excluding hydrogens is 348 g/mol. The molecule has 0 bridgehead atoms. The van der Waals surface area contributed by atoms with Crippen LogP contribution >= 0.6 is 0 Å². The summed E-state index contributed by atoms with van der Waals surface area (Å²) >= 11 is 0. The van der Waals surface area contributed by atoms with E-state index < -0.39 is 21.8 Å². The summed E-state index contributed by atoms with van der Waals surface area (Å²) in [6.07, 6.45) is 1.43. The molecule has 9 nitrogen and oxygen atoms in total. The van der Waals surface area contributed by atoms with Gasteiger partial charge in [0.05, 0.1) is 12.0 Å². The molecule has 0 aliphatic carbocycles. The molecule has 128 valence electrons. The lowest BCUT2D eigenvalue weighted by atomic mass is 10.3. The number of hydrogen-bond acceptors (Lipinski definition) is 6. The Balaban J connectivity index is 1.92. The van der Waals surface area contributed by atoms with Gasteiger partial charge >= 0.3 is 11.8 Å². The summed E-state index contributed by atoms with van der Waals surface area (Å²) in [6, 6.07) is 10.3. The molecule has 2 heterocycles. The zero-order valence-corrected chi connectivity index (χ0v) is 13.7. The van der Waals surface area contributed by atoms with Crippen molar-refractivity contribution < 1.29 is 22.7 Å². The smallest absolute Gasteiger partial charge is 0.339 e. The normalized spacial score (nSPS) is 14.6.